The SMILES string of the molecule is COc1ccc(CN2CC3(CC(N[C@H](C(N)=O)[C@@H](C)O)CN3)C2=O)cc1. The first-order valence-electron chi connectivity index (χ1n) is 8.75. The number of β-lactam (4-membered cyclic amide) rings is 1. The molecular formula is C18H26N4O4. The van der Waals surface area contributed by atoms with Crippen molar-refractivity contribution in [3.05, 3.63) is 29.8 Å². The third-order valence-corrected chi connectivity index (χ3v) is 5.18. The monoisotopic (exact) mass is 362 g/mol. The molecule has 2 amide bonds. The summed E-state index contributed by atoms with van der Waals surface area (Å²) in [5.41, 5.74) is 5.79. The van der Waals surface area contributed by atoms with Gasteiger partial charge in [-0.25, -0.2) is 0 Å². The maximum absolute atomic E-state index is 12.7. The maximum Gasteiger partial charge on any atom is 0.245 e. The van der Waals surface area contributed by atoms with Gasteiger partial charge in [0.2, 0.25) is 11.8 Å². The van der Waals surface area contributed by atoms with Crippen molar-refractivity contribution in [3.8, 4) is 5.75 Å². The van der Waals surface area contributed by atoms with Crippen LogP contribution in [0.5, 0.6) is 5.75 Å². The molecule has 8 nitrogen and oxygen atoms in total. The van der Waals surface area contributed by atoms with E-state index < -0.39 is 23.6 Å². The summed E-state index contributed by atoms with van der Waals surface area (Å²) in [7, 11) is 1.62. The minimum atomic E-state index is -0.882. The smallest absolute Gasteiger partial charge is 0.245 e. The number of likely N-dealkylation sites (tertiary alicyclic amines) is 1. The molecule has 1 aromatic carbocycles. The van der Waals surface area contributed by atoms with Crippen molar-refractivity contribution in [2.75, 3.05) is 20.2 Å². The van der Waals surface area contributed by atoms with Crippen molar-refractivity contribution in [3.63, 3.8) is 0 Å². The zero-order valence-electron chi connectivity index (χ0n) is 15.1. The third kappa shape index (κ3) is 3.53. The van der Waals surface area contributed by atoms with Gasteiger partial charge in [0.25, 0.3) is 0 Å². The van der Waals surface area contributed by atoms with Crippen LogP contribution in [-0.2, 0) is 16.1 Å². The molecule has 142 valence electrons. The summed E-state index contributed by atoms with van der Waals surface area (Å²) in [6.07, 6.45) is -0.311. The highest BCUT2D eigenvalue weighted by molar-refractivity contribution is 5.93. The van der Waals surface area contributed by atoms with Gasteiger partial charge >= 0.3 is 0 Å². The summed E-state index contributed by atoms with van der Waals surface area (Å²) in [4.78, 5) is 25.9. The Hall–Kier alpha value is -2.16. The fourth-order valence-corrected chi connectivity index (χ4v) is 3.75. The van der Waals surface area contributed by atoms with Crippen LogP contribution in [0, 0.1) is 0 Å². The highest BCUT2D eigenvalue weighted by atomic mass is 16.5. The average Bonchev–Trinajstić information content (AvgIpc) is 3.05. The third-order valence-electron chi connectivity index (χ3n) is 5.18. The second-order valence-corrected chi connectivity index (χ2v) is 7.16. The number of rotatable bonds is 7. The Morgan fingerprint density at radius 3 is 2.73 bits per heavy atom. The highest BCUT2D eigenvalue weighted by Gasteiger charge is 2.55. The van der Waals surface area contributed by atoms with Gasteiger partial charge in [-0.1, -0.05) is 12.1 Å². The van der Waals surface area contributed by atoms with Crippen molar-refractivity contribution >= 4 is 11.8 Å². The molecule has 0 saturated carbocycles. The Balaban J connectivity index is 1.55. The van der Waals surface area contributed by atoms with Crippen LogP contribution in [0.4, 0.5) is 0 Å². The van der Waals surface area contributed by atoms with E-state index in [4.69, 9.17) is 10.5 Å². The molecule has 2 heterocycles. The molecule has 0 radical (unpaired) electrons. The molecule has 1 aromatic rings. The highest BCUT2D eigenvalue weighted by Crippen LogP contribution is 2.33. The van der Waals surface area contributed by atoms with Gasteiger partial charge in [0.1, 0.15) is 17.3 Å². The molecule has 2 saturated heterocycles. The minimum Gasteiger partial charge on any atom is -0.497 e. The summed E-state index contributed by atoms with van der Waals surface area (Å²) in [5, 5.41) is 16.0. The van der Waals surface area contributed by atoms with Crippen molar-refractivity contribution in [1.82, 2.24) is 15.5 Å². The molecule has 3 rings (SSSR count). The number of amides is 2. The number of methoxy groups -OCH3 is 1. The lowest BCUT2D eigenvalue weighted by Crippen LogP contribution is -2.70. The van der Waals surface area contributed by atoms with Crippen LogP contribution in [0.15, 0.2) is 24.3 Å². The Morgan fingerprint density at radius 2 is 2.19 bits per heavy atom. The van der Waals surface area contributed by atoms with Gasteiger partial charge in [0, 0.05) is 25.7 Å². The first-order chi connectivity index (χ1) is 12.3. The molecule has 5 N–H and O–H groups in total. The zero-order valence-corrected chi connectivity index (χ0v) is 15.1. The Labute approximate surface area is 152 Å². The average molecular weight is 362 g/mol. The molecule has 0 bridgehead atoms. The quantitative estimate of drug-likeness (QED) is 0.461. The largest absolute Gasteiger partial charge is 0.497 e. The second kappa shape index (κ2) is 7.22. The lowest BCUT2D eigenvalue weighted by Gasteiger charge is -2.47. The molecule has 2 aliphatic heterocycles. The number of nitrogens with zero attached hydrogens (tertiary/aromatic N) is 1. The molecule has 2 fully saturated rings. The van der Waals surface area contributed by atoms with Crippen molar-refractivity contribution in [2.45, 2.75) is 43.6 Å². The van der Waals surface area contributed by atoms with Gasteiger partial charge in [0.05, 0.1) is 13.2 Å². The Morgan fingerprint density at radius 1 is 1.50 bits per heavy atom. The number of carbonyl (C=O) groups excluding carboxylic acids is 2. The predicted octanol–water partition coefficient (Wildman–Crippen LogP) is -1.04. The fraction of sp³-hybridized carbons (Fsp3) is 0.556. The number of aliphatic hydroxyl groups is 1. The Kier molecular flexibility index (Phi) is 5.17. The number of carbonyl (C=O) groups is 2. The van der Waals surface area contributed by atoms with Crippen LogP contribution in [-0.4, -0.2) is 65.7 Å². The maximum atomic E-state index is 12.7. The van der Waals surface area contributed by atoms with Crippen molar-refractivity contribution in [1.29, 1.82) is 0 Å². The second-order valence-electron chi connectivity index (χ2n) is 7.16. The van der Waals surface area contributed by atoms with Crippen LogP contribution < -0.4 is 21.1 Å². The predicted molar refractivity (Wildman–Crippen MR) is 95.3 cm³/mol. The van der Waals surface area contributed by atoms with E-state index in [9.17, 15) is 14.7 Å². The molecule has 8 heteroatoms. The van der Waals surface area contributed by atoms with E-state index in [1.165, 1.54) is 6.92 Å². The van der Waals surface area contributed by atoms with E-state index in [1.54, 1.807) is 12.0 Å². The van der Waals surface area contributed by atoms with Crippen LogP contribution in [0.3, 0.4) is 0 Å². The van der Waals surface area contributed by atoms with Crippen LogP contribution in [0.2, 0.25) is 0 Å². The number of benzene rings is 1. The Bertz CT molecular complexity index is 678. The van der Waals surface area contributed by atoms with E-state index in [0.29, 0.717) is 26.1 Å². The van der Waals surface area contributed by atoms with Gasteiger partial charge in [0.15, 0.2) is 0 Å². The molecule has 0 aliphatic carbocycles. The lowest BCUT2D eigenvalue weighted by atomic mass is 9.85. The van der Waals surface area contributed by atoms with Gasteiger partial charge in [-0.05, 0) is 31.0 Å². The number of primary amides is 1. The standard InChI is InChI=1S/C18H26N4O4/c1-11(23)15(16(19)24)21-13-7-18(20-8-13)10-22(17(18)25)9-12-3-5-14(26-2)6-4-12/h3-6,11,13,15,20-21,23H,7-10H2,1-2H3,(H2,19,24)/t11-,13?,15+,18?/m1/s1. The van der Waals surface area contributed by atoms with Crippen LogP contribution >= 0.6 is 0 Å². The van der Waals surface area contributed by atoms with Gasteiger partial charge < -0.3 is 25.8 Å². The summed E-state index contributed by atoms with van der Waals surface area (Å²) in [5.74, 6) is 0.251. The molecule has 2 aliphatic rings. The van der Waals surface area contributed by atoms with E-state index in [-0.39, 0.29) is 11.9 Å². The molecule has 0 aromatic heterocycles. The zero-order chi connectivity index (χ0) is 18.9. The summed E-state index contributed by atoms with van der Waals surface area (Å²) in [6.45, 7) is 3.25. The summed E-state index contributed by atoms with van der Waals surface area (Å²) < 4.78 is 5.14. The normalized spacial score (nSPS) is 27.3. The summed E-state index contributed by atoms with van der Waals surface area (Å²) >= 11 is 0. The molecule has 4 atom stereocenters. The number of nitrogens with one attached hydrogen (secondary N) is 2. The van der Waals surface area contributed by atoms with E-state index in [1.807, 2.05) is 24.3 Å². The number of aliphatic hydroxyl groups excluding tert-OH is 1. The van der Waals surface area contributed by atoms with Gasteiger partial charge in [-0.15, -0.1) is 0 Å². The molecule has 26 heavy (non-hydrogen) atoms. The topological polar surface area (TPSA) is 117 Å². The number of nitrogens with two attached hydrogens (primary N) is 1. The van der Waals surface area contributed by atoms with E-state index in [2.05, 4.69) is 10.6 Å². The van der Waals surface area contributed by atoms with Crippen molar-refractivity contribution < 1.29 is 19.4 Å². The fourth-order valence-electron chi connectivity index (χ4n) is 3.75. The number of hydrogen-bond donors (Lipinski definition) is 4. The van der Waals surface area contributed by atoms with Crippen LogP contribution in [0.25, 0.3) is 0 Å². The first kappa shape index (κ1) is 18.6. The molecular weight excluding hydrogens is 336 g/mol. The van der Waals surface area contributed by atoms with Gasteiger partial charge in [-0.2, -0.15) is 0 Å². The number of hydrogen-bond acceptors (Lipinski definition) is 6. The van der Waals surface area contributed by atoms with Crippen LogP contribution in [0.1, 0.15) is 18.9 Å². The molecule has 2 unspecified atom stereocenters. The van der Waals surface area contributed by atoms with E-state index >= 15 is 0 Å². The van der Waals surface area contributed by atoms with Gasteiger partial charge in [-0.3, -0.25) is 14.9 Å². The number of ether oxygens (including phenoxy) is 1. The minimum absolute atomic E-state index is 0.0605. The van der Waals surface area contributed by atoms with E-state index in [0.717, 1.165) is 11.3 Å². The summed E-state index contributed by atoms with van der Waals surface area (Å²) in [6, 6.07) is 6.75. The van der Waals surface area contributed by atoms with Crippen molar-refractivity contribution in [2.24, 2.45) is 5.73 Å². The molecule has 1 spiro atoms. The lowest BCUT2D eigenvalue weighted by molar-refractivity contribution is -0.153. The first-order valence-corrected chi connectivity index (χ1v) is 8.75.